The molecule has 1 aliphatic heterocycles. The summed E-state index contributed by atoms with van der Waals surface area (Å²) in [6.07, 6.45) is 5.94. The van der Waals surface area contributed by atoms with E-state index in [0.29, 0.717) is 0 Å². The maximum absolute atomic E-state index is 6.03. The van der Waals surface area contributed by atoms with E-state index in [9.17, 15) is 0 Å². The number of pyridine rings is 1. The molecule has 21 heavy (non-hydrogen) atoms. The van der Waals surface area contributed by atoms with Gasteiger partial charge in [-0.1, -0.05) is 30.3 Å². The number of nitrogens with one attached hydrogen (secondary N) is 1. The Morgan fingerprint density at radius 2 is 2.19 bits per heavy atom. The number of benzene rings is 1. The Hall–Kier alpha value is -1.71. The largest absolute Gasteiger partial charge is 0.373 e. The van der Waals surface area contributed by atoms with Crippen LogP contribution in [0.1, 0.15) is 40.8 Å². The highest BCUT2D eigenvalue weighted by molar-refractivity contribution is 5.31. The maximum atomic E-state index is 6.03. The maximum Gasteiger partial charge on any atom is 0.0845 e. The normalized spacial score (nSPS) is 19.0. The molecule has 2 aromatic rings. The minimum Gasteiger partial charge on any atom is -0.373 e. The summed E-state index contributed by atoms with van der Waals surface area (Å²) in [7, 11) is 2.00. The third-order valence-electron chi connectivity index (χ3n) is 4.19. The lowest BCUT2D eigenvalue weighted by Gasteiger charge is -2.29. The van der Waals surface area contributed by atoms with Crippen molar-refractivity contribution in [2.75, 3.05) is 13.7 Å². The van der Waals surface area contributed by atoms with Crippen LogP contribution in [0.3, 0.4) is 0 Å². The zero-order valence-corrected chi connectivity index (χ0v) is 12.7. The van der Waals surface area contributed by atoms with Crippen LogP contribution in [0.2, 0.25) is 0 Å². The van der Waals surface area contributed by atoms with Crippen LogP contribution in [0.15, 0.2) is 42.7 Å². The summed E-state index contributed by atoms with van der Waals surface area (Å²) < 4.78 is 6.03. The van der Waals surface area contributed by atoms with Crippen molar-refractivity contribution in [3.05, 3.63) is 65.0 Å². The molecule has 2 unspecified atom stereocenters. The summed E-state index contributed by atoms with van der Waals surface area (Å²) in [6, 6.07) is 11.1. The average Bonchev–Trinajstić information content (AvgIpc) is 2.52. The summed E-state index contributed by atoms with van der Waals surface area (Å²) in [6.45, 7) is 2.89. The second kappa shape index (κ2) is 6.37. The summed E-state index contributed by atoms with van der Waals surface area (Å²) in [5.41, 5.74) is 5.18. The van der Waals surface area contributed by atoms with Gasteiger partial charge in [0.1, 0.15) is 0 Å². The second-order valence-corrected chi connectivity index (χ2v) is 5.68. The van der Waals surface area contributed by atoms with Crippen molar-refractivity contribution in [3.8, 4) is 0 Å². The Morgan fingerprint density at radius 1 is 1.33 bits per heavy atom. The first kappa shape index (κ1) is 14.2. The van der Waals surface area contributed by atoms with Gasteiger partial charge in [-0.05, 0) is 49.1 Å². The van der Waals surface area contributed by atoms with E-state index in [1.807, 2.05) is 19.4 Å². The van der Waals surface area contributed by atoms with Gasteiger partial charge in [-0.25, -0.2) is 0 Å². The predicted molar refractivity (Wildman–Crippen MR) is 84.2 cm³/mol. The molecule has 0 amide bonds. The molecule has 0 bridgehead atoms. The highest BCUT2D eigenvalue weighted by atomic mass is 16.5. The number of nitrogens with zero attached hydrogens (tertiary/aromatic N) is 1. The molecule has 3 rings (SSSR count). The standard InChI is InChI=1S/C18H22N2O/c1-13-9-15(12-20-11-13)17(19-2)10-18-16-6-4-3-5-14(16)7-8-21-18/h3-6,9,11-12,17-19H,7-8,10H2,1-2H3. The number of fused-ring (bicyclic) bond motifs is 1. The lowest BCUT2D eigenvalue weighted by atomic mass is 9.91. The van der Waals surface area contributed by atoms with Gasteiger partial charge in [0, 0.05) is 18.4 Å². The molecule has 0 saturated heterocycles. The summed E-state index contributed by atoms with van der Waals surface area (Å²) >= 11 is 0. The smallest absolute Gasteiger partial charge is 0.0845 e. The number of hydrogen-bond acceptors (Lipinski definition) is 3. The third-order valence-corrected chi connectivity index (χ3v) is 4.19. The van der Waals surface area contributed by atoms with Gasteiger partial charge in [0.05, 0.1) is 12.7 Å². The average molecular weight is 282 g/mol. The van der Waals surface area contributed by atoms with Crippen LogP contribution in [0.25, 0.3) is 0 Å². The molecule has 0 radical (unpaired) electrons. The Morgan fingerprint density at radius 3 is 3.00 bits per heavy atom. The zero-order chi connectivity index (χ0) is 14.7. The molecule has 1 N–H and O–H groups in total. The van der Waals surface area contributed by atoms with E-state index in [-0.39, 0.29) is 12.1 Å². The van der Waals surface area contributed by atoms with Crippen molar-refractivity contribution in [2.45, 2.75) is 31.9 Å². The fourth-order valence-electron chi connectivity index (χ4n) is 3.08. The number of aryl methyl sites for hydroxylation is 1. The molecular weight excluding hydrogens is 260 g/mol. The molecule has 0 spiro atoms. The quantitative estimate of drug-likeness (QED) is 0.933. The van der Waals surface area contributed by atoms with Crippen LogP contribution >= 0.6 is 0 Å². The zero-order valence-electron chi connectivity index (χ0n) is 12.7. The second-order valence-electron chi connectivity index (χ2n) is 5.68. The Balaban J connectivity index is 1.82. The van der Waals surface area contributed by atoms with E-state index in [1.54, 1.807) is 0 Å². The van der Waals surface area contributed by atoms with Gasteiger partial charge in [-0.15, -0.1) is 0 Å². The summed E-state index contributed by atoms with van der Waals surface area (Å²) in [5.74, 6) is 0. The van der Waals surface area contributed by atoms with Gasteiger partial charge in [-0.3, -0.25) is 4.98 Å². The fraction of sp³-hybridized carbons (Fsp3) is 0.389. The lowest BCUT2D eigenvalue weighted by molar-refractivity contribution is 0.0298. The number of aromatic nitrogens is 1. The molecule has 1 aliphatic rings. The minimum absolute atomic E-state index is 0.160. The molecule has 3 heteroatoms. The molecule has 110 valence electrons. The molecule has 2 atom stereocenters. The van der Waals surface area contributed by atoms with E-state index in [2.05, 4.69) is 47.6 Å². The van der Waals surface area contributed by atoms with Crippen LogP contribution in [-0.2, 0) is 11.2 Å². The highest BCUT2D eigenvalue weighted by Gasteiger charge is 2.24. The predicted octanol–water partition coefficient (Wildman–Crippen LogP) is 3.35. The number of hydrogen-bond donors (Lipinski definition) is 1. The van der Waals surface area contributed by atoms with E-state index >= 15 is 0 Å². The van der Waals surface area contributed by atoms with E-state index < -0.39 is 0 Å². The Kier molecular flexibility index (Phi) is 4.32. The van der Waals surface area contributed by atoms with Crippen molar-refractivity contribution in [3.63, 3.8) is 0 Å². The van der Waals surface area contributed by atoms with E-state index in [1.165, 1.54) is 22.3 Å². The van der Waals surface area contributed by atoms with E-state index in [4.69, 9.17) is 4.74 Å². The molecule has 1 aromatic heterocycles. The van der Waals surface area contributed by atoms with Crippen molar-refractivity contribution in [1.82, 2.24) is 10.3 Å². The number of ether oxygens (including phenoxy) is 1. The van der Waals surface area contributed by atoms with Crippen LogP contribution < -0.4 is 5.32 Å². The number of rotatable bonds is 4. The van der Waals surface area contributed by atoms with Crippen LogP contribution in [0.4, 0.5) is 0 Å². The van der Waals surface area contributed by atoms with Crippen LogP contribution in [0, 0.1) is 6.92 Å². The molecule has 0 saturated carbocycles. The SMILES string of the molecule is CNC(CC1OCCc2ccccc21)c1cncc(C)c1. The molecular formula is C18H22N2O. The molecule has 2 heterocycles. The van der Waals surface area contributed by atoms with Crippen molar-refractivity contribution < 1.29 is 4.74 Å². The molecule has 0 fully saturated rings. The Bertz CT molecular complexity index is 612. The first-order chi connectivity index (χ1) is 10.3. The topological polar surface area (TPSA) is 34.1 Å². The van der Waals surface area contributed by atoms with Crippen molar-refractivity contribution in [1.29, 1.82) is 0 Å². The van der Waals surface area contributed by atoms with Gasteiger partial charge < -0.3 is 10.1 Å². The first-order valence-electron chi connectivity index (χ1n) is 7.56. The minimum atomic E-state index is 0.160. The third kappa shape index (κ3) is 3.14. The van der Waals surface area contributed by atoms with Gasteiger partial charge in [0.2, 0.25) is 0 Å². The van der Waals surface area contributed by atoms with Crippen LogP contribution in [-0.4, -0.2) is 18.6 Å². The lowest BCUT2D eigenvalue weighted by Crippen LogP contribution is -2.24. The first-order valence-corrected chi connectivity index (χ1v) is 7.56. The van der Waals surface area contributed by atoms with E-state index in [0.717, 1.165) is 19.4 Å². The summed E-state index contributed by atoms with van der Waals surface area (Å²) in [4.78, 5) is 4.31. The highest BCUT2D eigenvalue weighted by Crippen LogP contribution is 2.34. The van der Waals surface area contributed by atoms with Gasteiger partial charge in [-0.2, -0.15) is 0 Å². The molecule has 3 nitrogen and oxygen atoms in total. The van der Waals surface area contributed by atoms with Crippen LogP contribution in [0.5, 0.6) is 0 Å². The fourth-order valence-corrected chi connectivity index (χ4v) is 3.08. The Labute approximate surface area is 126 Å². The van der Waals surface area contributed by atoms with Gasteiger partial charge in [0.25, 0.3) is 0 Å². The van der Waals surface area contributed by atoms with Crippen molar-refractivity contribution >= 4 is 0 Å². The monoisotopic (exact) mass is 282 g/mol. The molecule has 0 aliphatic carbocycles. The van der Waals surface area contributed by atoms with Gasteiger partial charge >= 0.3 is 0 Å². The summed E-state index contributed by atoms with van der Waals surface area (Å²) in [5, 5.41) is 3.40. The molecule has 1 aromatic carbocycles. The van der Waals surface area contributed by atoms with Crippen molar-refractivity contribution in [2.24, 2.45) is 0 Å². The van der Waals surface area contributed by atoms with Gasteiger partial charge in [0.15, 0.2) is 0 Å².